The Morgan fingerprint density at radius 1 is 1.35 bits per heavy atom. The summed E-state index contributed by atoms with van der Waals surface area (Å²) in [5, 5.41) is 0. The first kappa shape index (κ1) is 15.0. The lowest BCUT2D eigenvalue weighted by molar-refractivity contribution is -0.147. The van der Waals surface area contributed by atoms with Gasteiger partial charge in [-0.05, 0) is 12.5 Å². The fraction of sp³-hybridized carbons (Fsp3) is 0.533. The van der Waals surface area contributed by atoms with Crippen LogP contribution in [0.15, 0.2) is 30.3 Å². The van der Waals surface area contributed by atoms with Crippen molar-refractivity contribution in [1.82, 2.24) is 4.90 Å². The molecule has 0 amide bonds. The summed E-state index contributed by atoms with van der Waals surface area (Å²) in [6.07, 6.45) is 0. The molecule has 1 heterocycles. The Morgan fingerprint density at radius 2 is 2.00 bits per heavy atom. The summed E-state index contributed by atoms with van der Waals surface area (Å²) in [6, 6.07) is 9.02. The van der Waals surface area contributed by atoms with Crippen molar-refractivity contribution in [2.45, 2.75) is 19.0 Å². The Hall–Kier alpha value is -1.43. The Balaban J connectivity index is 2.21. The molecule has 0 spiro atoms. The van der Waals surface area contributed by atoms with Crippen LogP contribution in [0.5, 0.6) is 0 Å². The molecule has 5 heteroatoms. The number of benzene rings is 1. The van der Waals surface area contributed by atoms with Gasteiger partial charge in [-0.3, -0.25) is 9.69 Å². The maximum atomic E-state index is 12.0. The van der Waals surface area contributed by atoms with Crippen LogP contribution in [0.1, 0.15) is 18.5 Å². The molecule has 2 N–H and O–H groups in total. The van der Waals surface area contributed by atoms with Gasteiger partial charge in [-0.1, -0.05) is 30.3 Å². The number of carbonyl (C=O) groups is 1. The van der Waals surface area contributed by atoms with Gasteiger partial charge in [-0.2, -0.15) is 0 Å². The molecule has 1 fully saturated rings. The minimum absolute atomic E-state index is 0.167. The maximum Gasteiger partial charge on any atom is 0.324 e. The average molecular weight is 278 g/mol. The number of rotatable bonds is 5. The molecule has 2 rings (SSSR count). The van der Waals surface area contributed by atoms with Crippen molar-refractivity contribution >= 4 is 5.97 Å². The van der Waals surface area contributed by atoms with Crippen molar-refractivity contribution in [3.63, 3.8) is 0 Å². The van der Waals surface area contributed by atoms with Gasteiger partial charge >= 0.3 is 5.97 Å². The van der Waals surface area contributed by atoms with Crippen LogP contribution in [0.4, 0.5) is 0 Å². The summed E-state index contributed by atoms with van der Waals surface area (Å²) in [6.45, 7) is 5.01. The van der Waals surface area contributed by atoms with Crippen LogP contribution in [0, 0.1) is 0 Å². The number of ether oxygens (including phenoxy) is 2. The summed E-state index contributed by atoms with van der Waals surface area (Å²) in [5.74, 6) is -0.354. The third-order valence-corrected chi connectivity index (χ3v) is 3.48. The summed E-state index contributed by atoms with van der Waals surface area (Å²) >= 11 is 0. The number of hydrogen-bond donors (Lipinski definition) is 1. The summed E-state index contributed by atoms with van der Waals surface area (Å²) in [7, 11) is 0. The molecular formula is C15H22N2O3. The van der Waals surface area contributed by atoms with E-state index in [1.54, 1.807) is 6.92 Å². The molecule has 1 saturated heterocycles. The highest BCUT2D eigenvalue weighted by Gasteiger charge is 2.33. The largest absolute Gasteiger partial charge is 0.465 e. The smallest absolute Gasteiger partial charge is 0.324 e. The zero-order valence-corrected chi connectivity index (χ0v) is 11.8. The Kier molecular flexibility index (Phi) is 5.52. The molecule has 1 aliphatic heterocycles. The summed E-state index contributed by atoms with van der Waals surface area (Å²) in [5.41, 5.74) is 7.19. The Morgan fingerprint density at radius 3 is 2.60 bits per heavy atom. The molecule has 0 radical (unpaired) electrons. The minimum atomic E-state index is -0.685. The van der Waals surface area contributed by atoms with Gasteiger partial charge < -0.3 is 15.2 Å². The Labute approximate surface area is 119 Å². The third-order valence-electron chi connectivity index (χ3n) is 3.48. The molecule has 1 aromatic carbocycles. The van der Waals surface area contributed by atoms with Gasteiger partial charge in [0.15, 0.2) is 0 Å². The van der Waals surface area contributed by atoms with E-state index in [2.05, 4.69) is 4.90 Å². The number of hydrogen-bond acceptors (Lipinski definition) is 5. The minimum Gasteiger partial charge on any atom is -0.465 e. The second-order valence-corrected chi connectivity index (χ2v) is 4.78. The maximum absolute atomic E-state index is 12.0. The zero-order valence-electron chi connectivity index (χ0n) is 11.8. The fourth-order valence-electron chi connectivity index (χ4n) is 2.52. The van der Waals surface area contributed by atoms with Crippen LogP contribution < -0.4 is 5.73 Å². The van der Waals surface area contributed by atoms with Crippen molar-refractivity contribution in [3.8, 4) is 0 Å². The predicted molar refractivity (Wildman–Crippen MR) is 76.2 cm³/mol. The van der Waals surface area contributed by atoms with Crippen LogP contribution in [-0.4, -0.2) is 49.8 Å². The predicted octanol–water partition coefficient (Wildman–Crippen LogP) is 0.950. The number of esters is 1. The van der Waals surface area contributed by atoms with E-state index in [1.807, 2.05) is 30.3 Å². The second kappa shape index (κ2) is 7.38. The van der Waals surface area contributed by atoms with Crippen molar-refractivity contribution in [2.75, 3.05) is 32.9 Å². The van der Waals surface area contributed by atoms with Gasteiger partial charge in [-0.25, -0.2) is 0 Å². The van der Waals surface area contributed by atoms with E-state index in [1.165, 1.54) is 0 Å². The third kappa shape index (κ3) is 3.56. The monoisotopic (exact) mass is 278 g/mol. The highest BCUT2D eigenvalue weighted by atomic mass is 16.5. The molecule has 0 bridgehead atoms. The topological polar surface area (TPSA) is 64.8 Å². The summed E-state index contributed by atoms with van der Waals surface area (Å²) < 4.78 is 10.4. The van der Waals surface area contributed by atoms with Gasteiger partial charge in [-0.15, -0.1) is 0 Å². The first-order chi connectivity index (χ1) is 9.74. The molecule has 0 saturated carbocycles. The summed E-state index contributed by atoms with van der Waals surface area (Å²) in [4.78, 5) is 14.2. The number of nitrogens with two attached hydrogens (primary N) is 1. The van der Waals surface area contributed by atoms with Crippen LogP contribution in [-0.2, 0) is 14.3 Å². The molecular weight excluding hydrogens is 256 g/mol. The van der Waals surface area contributed by atoms with Gasteiger partial charge in [0.05, 0.1) is 25.9 Å². The van der Waals surface area contributed by atoms with Crippen LogP contribution >= 0.6 is 0 Å². The second-order valence-electron chi connectivity index (χ2n) is 4.78. The van der Waals surface area contributed by atoms with Crippen LogP contribution in [0.3, 0.4) is 0 Å². The van der Waals surface area contributed by atoms with E-state index in [4.69, 9.17) is 15.2 Å². The lowest BCUT2D eigenvalue weighted by atomic mass is 9.97. The number of carbonyl (C=O) groups excluding carboxylic acids is 1. The average Bonchev–Trinajstić information content (AvgIpc) is 2.50. The molecule has 20 heavy (non-hydrogen) atoms. The van der Waals surface area contributed by atoms with E-state index >= 15 is 0 Å². The van der Waals surface area contributed by atoms with Crippen molar-refractivity contribution in [2.24, 2.45) is 5.73 Å². The fourth-order valence-corrected chi connectivity index (χ4v) is 2.52. The first-order valence-corrected chi connectivity index (χ1v) is 7.03. The number of nitrogens with zero attached hydrogens (tertiary/aromatic N) is 1. The van der Waals surface area contributed by atoms with Gasteiger partial charge in [0, 0.05) is 13.1 Å². The van der Waals surface area contributed by atoms with Gasteiger partial charge in [0.25, 0.3) is 0 Å². The molecule has 110 valence electrons. The van der Waals surface area contributed by atoms with Crippen molar-refractivity contribution < 1.29 is 14.3 Å². The standard InChI is InChI=1S/C15H22N2O3/c1-2-20-15(18)13(16)14(12-6-4-3-5-7-12)17-8-10-19-11-9-17/h3-7,13-14H,2,8-11,16H2,1H3/t13-,14-/m1/s1. The number of morpholine rings is 1. The van der Waals surface area contributed by atoms with Crippen LogP contribution in [0.2, 0.25) is 0 Å². The van der Waals surface area contributed by atoms with Gasteiger partial charge in [0.2, 0.25) is 0 Å². The van der Waals surface area contributed by atoms with E-state index in [0.717, 1.165) is 18.7 Å². The van der Waals surface area contributed by atoms with E-state index in [0.29, 0.717) is 19.8 Å². The molecule has 0 aromatic heterocycles. The molecule has 0 unspecified atom stereocenters. The lowest BCUT2D eigenvalue weighted by Crippen LogP contribution is -2.50. The molecule has 0 aliphatic carbocycles. The highest BCUT2D eigenvalue weighted by Crippen LogP contribution is 2.25. The van der Waals surface area contributed by atoms with Crippen LogP contribution in [0.25, 0.3) is 0 Å². The first-order valence-electron chi connectivity index (χ1n) is 7.03. The van der Waals surface area contributed by atoms with Crippen molar-refractivity contribution in [3.05, 3.63) is 35.9 Å². The highest BCUT2D eigenvalue weighted by molar-refractivity contribution is 5.76. The zero-order chi connectivity index (χ0) is 14.4. The van der Waals surface area contributed by atoms with E-state index in [9.17, 15) is 4.79 Å². The molecule has 1 aromatic rings. The van der Waals surface area contributed by atoms with Crippen molar-refractivity contribution in [1.29, 1.82) is 0 Å². The quantitative estimate of drug-likeness (QED) is 0.812. The normalized spacial score (nSPS) is 19.3. The Bertz CT molecular complexity index is 418. The van der Waals surface area contributed by atoms with E-state index in [-0.39, 0.29) is 12.0 Å². The molecule has 1 aliphatic rings. The van der Waals surface area contributed by atoms with Gasteiger partial charge in [0.1, 0.15) is 6.04 Å². The lowest BCUT2D eigenvalue weighted by Gasteiger charge is -2.37. The van der Waals surface area contributed by atoms with E-state index < -0.39 is 6.04 Å². The molecule has 5 nitrogen and oxygen atoms in total. The SMILES string of the molecule is CCOC(=O)[C@H](N)[C@@H](c1ccccc1)N1CCOCC1. The molecule has 2 atom stereocenters.